The van der Waals surface area contributed by atoms with Gasteiger partial charge in [0.25, 0.3) is 0 Å². The fourth-order valence-electron chi connectivity index (χ4n) is 2.46. The summed E-state index contributed by atoms with van der Waals surface area (Å²) < 4.78 is 21.7. The van der Waals surface area contributed by atoms with Crippen molar-refractivity contribution in [3.8, 4) is 11.8 Å². The van der Waals surface area contributed by atoms with Crippen LogP contribution in [0.5, 0.6) is 11.8 Å². The van der Waals surface area contributed by atoms with E-state index in [4.69, 9.17) is 18.4 Å². The van der Waals surface area contributed by atoms with Gasteiger partial charge < -0.3 is 18.4 Å². The van der Waals surface area contributed by atoms with Crippen molar-refractivity contribution in [2.24, 2.45) is 0 Å². The average Bonchev–Trinajstić information content (AvgIpc) is 3.16. The fourth-order valence-corrected chi connectivity index (χ4v) is 2.46. The van der Waals surface area contributed by atoms with Crippen LogP contribution in [0.25, 0.3) is 11.1 Å². The number of ether oxygens (including phenoxy) is 2. The van der Waals surface area contributed by atoms with E-state index in [2.05, 4.69) is 10.1 Å². The molecule has 3 rings (SSSR count). The highest BCUT2D eigenvalue weighted by molar-refractivity contribution is 5.74. The molecule has 0 fully saturated rings. The van der Waals surface area contributed by atoms with Crippen LogP contribution >= 0.6 is 0 Å². The topological polar surface area (TPSA) is 70.5 Å². The molecule has 0 aliphatic heterocycles. The lowest BCUT2D eigenvalue weighted by atomic mass is 10.1. The van der Waals surface area contributed by atoms with Crippen molar-refractivity contribution in [2.75, 3.05) is 13.2 Å². The molecule has 0 saturated heterocycles. The zero-order valence-corrected chi connectivity index (χ0v) is 14.1. The van der Waals surface area contributed by atoms with Crippen molar-refractivity contribution in [1.29, 1.82) is 0 Å². The van der Waals surface area contributed by atoms with Crippen LogP contribution in [0.3, 0.4) is 0 Å². The summed E-state index contributed by atoms with van der Waals surface area (Å²) >= 11 is 0. The number of nitrogens with zero attached hydrogens (tertiary/aromatic N) is 2. The molecular weight excluding hydrogens is 308 g/mol. The highest BCUT2D eigenvalue weighted by Crippen LogP contribution is 2.25. The molecule has 0 saturated carbocycles. The van der Waals surface area contributed by atoms with Gasteiger partial charge in [-0.15, -0.1) is 0 Å². The Morgan fingerprint density at radius 2 is 2.00 bits per heavy atom. The van der Waals surface area contributed by atoms with Crippen molar-refractivity contribution >= 4 is 11.1 Å². The molecule has 6 heteroatoms. The molecule has 0 bridgehead atoms. The molecule has 2 aromatic heterocycles. The monoisotopic (exact) mass is 330 g/mol. The van der Waals surface area contributed by atoms with Crippen molar-refractivity contribution in [3.05, 3.63) is 35.7 Å². The van der Waals surface area contributed by atoms with Gasteiger partial charge >= 0.3 is 6.08 Å². The maximum Gasteiger partial charge on any atom is 0.394 e. The first-order valence-electron chi connectivity index (χ1n) is 8.33. The molecule has 0 radical (unpaired) electrons. The number of benzene rings is 1. The summed E-state index contributed by atoms with van der Waals surface area (Å²) in [5.41, 5.74) is 2.38. The first-order chi connectivity index (χ1) is 11.7. The molecule has 3 aromatic rings. The summed E-state index contributed by atoms with van der Waals surface area (Å²) in [5.74, 6) is 1.74. The number of hydrogen-bond acceptors (Lipinski definition) is 6. The predicted molar refractivity (Wildman–Crippen MR) is 89.5 cm³/mol. The first-order valence-corrected chi connectivity index (χ1v) is 8.33. The quantitative estimate of drug-likeness (QED) is 0.544. The molecule has 0 aliphatic carbocycles. The van der Waals surface area contributed by atoms with Gasteiger partial charge in [-0.1, -0.05) is 5.16 Å². The van der Waals surface area contributed by atoms with Crippen LogP contribution in [-0.2, 0) is 6.42 Å². The van der Waals surface area contributed by atoms with Gasteiger partial charge in [-0.25, -0.2) is 0 Å². The number of aryl methyl sites for hydroxylation is 2. The Labute approximate surface area is 140 Å². The molecule has 0 amide bonds. The second-order valence-corrected chi connectivity index (χ2v) is 5.64. The van der Waals surface area contributed by atoms with Gasteiger partial charge in [-0.3, -0.25) is 0 Å². The Morgan fingerprint density at radius 1 is 1.08 bits per heavy atom. The fraction of sp³-hybridized carbons (Fsp3) is 0.444. The second kappa shape index (κ2) is 7.86. The van der Waals surface area contributed by atoms with Crippen LogP contribution < -0.4 is 9.47 Å². The highest BCUT2D eigenvalue weighted by atomic mass is 16.6. The largest absolute Gasteiger partial charge is 0.493 e. The third-order valence-electron chi connectivity index (χ3n) is 3.62. The third kappa shape index (κ3) is 4.28. The Morgan fingerprint density at radius 3 is 2.79 bits per heavy atom. The van der Waals surface area contributed by atoms with Gasteiger partial charge in [0.05, 0.1) is 18.9 Å². The van der Waals surface area contributed by atoms with E-state index in [0.717, 1.165) is 48.4 Å². The molecule has 1 aromatic carbocycles. The molecule has 0 unspecified atom stereocenters. The molecular formula is C18H22N2O4. The summed E-state index contributed by atoms with van der Waals surface area (Å²) in [5, 5.41) is 3.89. The van der Waals surface area contributed by atoms with E-state index in [1.807, 2.05) is 38.1 Å². The molecule has 0 spiro atoms. The van der Waals surface area contributed by atoms with Crippen molar-refractivity contribution in [3.63, 3.8) is 0 Å². The minimum Gasteiger partial charge on any atom is -0.493 e. The maximum atomic E-state index is 5.78. The third-order valence-corrected chi connectivity index (χ3v) is 3.62. The molecule has 24 heavy (non-hydrogen) atoms. The summed E-state index contributed by atoms with van der Waals surface area (Å²) in [6, 6.07) is 7.61. The minimum atomic E-state index is 0.298. The molecule has 0 atom stereocenters. The smallest absolute Gasteiger partial charge is 0.394 e. The maximum absolute atomic E-state index is 5.78. The summed E-state index contributed by atoms with van der Waals surface area (Å²) in [4.78, 5) is 4.24. The molecule has 2 heterocycles. The van der Waals surface area contributed by atoms with Crippen molar-refractivity contribution < 1.29 is 18.4 Å². The van der Waals surface area contributed by atoms with Gasteiger partial charge in [-0.05, 0) is 45.2 Å². The predicted octanol–water partition coefficient (Wildman–Crippen LogP) is 4.31. The normalized spacial score (nSPS) is 11.1. The number of oxazole rings is 1. The summed E-state index contributed by atoms with van der Waals surface area (Å²) in [6.45, 7) is 5.04. The molecule has 0 N–H and O–H groups in total. The van der Waals surface area contributed by atoms with Crippen LogP contribution in [0, 0.1) is 6.92 Å². The number of hydrogen-bond donors (Lipinski definition) is 0. The molecule has 0 aliphatic rings. The zero-order chi connectivity index (χ0) is 16.8. The van der Waals surface area contributed by atoms with E-state index in [1.54, 1.807) is 0 Å². The van der Waals surface area contributed by atoms with Gasteiger partial charge in [0.15, 0.2) is 5.58 Å². The lowest BCUT2D eigenvalue weighted by Gasteiger charge is -2.05. The Hall–Kier alpha value is -2.50. The Balaban J connectivity index is 1.40. The SMILES string of the molecule is CCOc1nc2ccc(OCCCCCc3cc(C)no3)cc2o1. The minimum absolute atomic E-state index is 0.298. The lowest BCUT2D eigenvalue weighted by molar-refractivity contribution is 0.251. The van der Waals surface area contributed by atoms with E-state index in [0.29, 0.717) is 24.9 Å². The number of rotatable bonds is 9. The van der Waals surface area contributed by atoms with E-state index < -0.39 is 0 Å². The Bertz CT molecular complexity index is 778. The van der Waals surface area contributed by atoms with Gasteiger partial charge in [0.1, 0.15) is 17.0 Å². The van der Waals surface area contributed by atoms with Crippen LogP contribution in [0.1, 0.15) is 37.6 Å². The van der Waals surface area contributed by atoms with Crippen LogP contribution in [0.15, 0.2) is 33.2 Å². The second-order valence-electron chi connectivity index (χ2n) is 5.64. The molecule has 6 nitrogen and oxygen atoms in total. The van der Waals surface area contributed by atoms with Gasteiger partial charge in [0, 0.05) is 18.6 Å². The first kappa shape index (κ1) is 16.4. The van der Waals surface area contributed by atoms with E-state index in [1.165, 1.54) is 0 Å². The highest BCUT2D eigenvalue weighted by Gasteiger charge is 2.07. The number of aromatic nitrogens is 2. The van der Waals surface area contributed by atoms with E-state index in [-0.39, 0.29) is 0 Å². The average molecular weight is 330 g/mol. The van der Waals surface area contributed by atoms with Crippen molar-refractivity contribution in [2.45, 2.75) is 39.5 Å². The van der Waals surface area contributed by atoms with Gasteiger partial charge in [0.2, 0.25) is 0 Å². The van der Waals surface area contributed by atoms with Crippen molar-refractivity contribution in [1.82, 2.24) is 10.1 Å². The van der Waals surface area contributed by atoms with Gasteiger partial charge in [-0.2, -0.15) is 4.98 Å². The van der Waals surface area contributed by atoms with E-state index >= 15 is 0 Å². The zero-order valence-electron chi connectivity index (χ0n) is 14.1. The standard InChI is InChI=1S/C18H22N2O4/c1-3-21-18-19-16-9-8-14(12-17(16)23-18)22-10-6-4-5-7-15-11-13(2)20-24-15/h8-9,11-12H,3-7,10H2,1-2H3. The molecule has 128 valence electrons. The van der Waals surface area contributed by atoms with Crippen LogP contribution in [-0.4, -0.2) is 23.4 Å². The number of fused-ring (bicyclic) bond motifs is 1. The van der Waals surface area contributed by atoms with Crippen LogP contribution in [0.2, 0.25) is 0 Å². The lowest BCUT2D eigenvalue weighted by Crippen LogP contribution is -1.97. The summed E-state index contributed by atoms with van der Waals surface area (Å²) in [7, 11) is 0. The van der Waals surface area contributed by atoms with E-state index in [9.17, 15) is 0 Å². The summed E-state index contributed by atoms with van der Waals surface area (Å²) in [6.07, 6.45) is 4.36. The number of unbranched alkanes of at least 4 members (excludes halogenated alkanes) is 2. The van der Waals surface area contributed by atoms with Crippen LogP contribution in [0.4, 0.5) is 0 Å². The Kier molecular flexibility index (Phi) is 5.36.